The van der Waals surface area contributed by atoms with E-state index in [4.69, 9.17) is 16.0 Å². The van der Waals surface area contributed by atoms with Crippen molar-refractivity contribution in [2.45, 2.75) is 12.5 Å². The number of carbonyl (C=O) groups is 1. The summed E-state index contributed by atoms with van der Waals surface area (Å²) < 4.78 is 28.6. The van der Waals surface area contributed by atoms with E-state index in [0.717, 1.165) is 5.56 Å². The molecule has 1 saturated heterocycles. The van der Waals surface area contributed by atoms with Crippen LogP contribution in [0.1, 0.15) is 12.2 Å². The van der Waals surface area contributed by atoms with Gasteiger partial charge in [-0.1, -0.05) is 23.7 Å². The molecular weight excluding hydrogens is 376 g/mol. The number of rotatable bonds is 4. The summed E-state index contributed by atoms with van der Waals surface area (Å²) >= 11 is 5.96. The van der Waals surface area contributed by atoms with Gasteiger partial charge in [0.15, 0.2) is 9.84 Å². The first-order valence-electron chi connectivity index (χ1n) is 7.85. The van der Waals surface area contributed by atoms with Crippen molar-refractivity contribution in [1.82, 2.24) is 5.32 Å². The van der Waals surface area contributed by atoms with Gasteiger partial charge in [0.25, 0.3) is 5.91 Å². The molecule has 26 heavy (non-hydrogen) atoms. The van der Waals surface area contributed by atoms with E-state index in [1.54, 1.807) is 30.3 Å². The second-order valence-corrected chi connectivity index (χ2v) is 8.62. The fourth-order valence-electron chi connectivity index (χ4n) is 2.69. The molecule has 2 aromatic rings. The van der Waals surface area contributed by atoms with Gasteiger partial charge in [-0.2, -0.15) is 5.26 Å². The summed E-state index contributed by atoms with van der Waals surface area (Å²) in [5.41, 5.74) is 0.623. The van der Waals surface area contributed by atoms with Gasteiger partial charge in [-0.15, -0.1) is 0 Å². The maximum absolute atomic E-state index is 12.2. The topological polar surface area (TPSA) is 100 Å². The van der Waals surface area contributed by atoms with Gasteiger partial charge in [0, 0.05) is 22.7 Å². The summed E-state index contributed by atoms with van der Waals surface area (Å²) in [6, 6.07) is 11.8. The summed E-state index contributed by atoms with van der Waals surface area (Å²) in [5.74, 6) is 0.223. The molecule has 3 rings (SSSR count). The molecular formula is C18H15ClN2O4S. The molecule has 0 spiro atoms. The fraction of sp³-hybridized carbons (Fsp3) is 0.222. The number of amides is 1. The molecule has 0 unspecified atom stereocenters. The molecule has 1 aliphatic heterocycles. The highest BCUT2D eigenvalue weighted by molar-refractivity contribution is 7.91. The Morgan fingerprint density at radius 2 is 2.15 bits per heavy atom. The lowest BCUT2D eigenvalue weighted by molar-refractivity contribution is -0.117. The van der Waals surface area contributed by atoms with Gasteiger partial charge in [-0.05, 0) is 30.7 Å². The zero-order valence-electron chi connectivity index (χ0n) is 13.6. The van der Waals surface area contributed by atoms with Gasteiger partial charge in [0.05, 0.1) is 11.5 Å². The Hall–Kier alpha value is -2.56. The first kappa shape index (κ1) is 18.2. The third-order valence-corrected chi connectivity index (χ3v) is 5.96. The van der Waals surface area contributed by atoms with Gasteiger partial charge in [0.1, 0.15) is 23.2 Å². The van der Waals surface area contributed by atoms with Crippen LogP contribution in [0.4, 0.5) is 0 Å². The van der Waals surface area contributed by atoms with Gasteiger partial charge in [-0.3, -0.25) is 4.79 Å². The molecule has 0 radical (unpaired) electrons. The van der Waals surface area contributed by atoms with Crippen molar-refractivity contribution in [2.24, 2.45) is 0 Å². The maximum atomic E-state index is 12.2. The van der Waals surface area contributed by atoms with Crippen molar-refractivity contribution in [1.29, 1.82) is 5.26 Å². The highest BCUT2D eigenvalue weighted by Crippen LogP contribution is 2.25. The van der Waals surface area contributed by atoms with Crippen molar-refractivity contribution < 1.29 is 17.6 Å². The number of hydrogen-bond acceptors (Lipinski definition) is 5. The van der Waals surface area contributed by atoms with Crippen LogP contribution in [0, 0.1) is 11.3 Å². The van der Waals surface area contributed by atoms with E-state index >= 15 is 0 Å². The van der Waals surface area contributed by atoms with Crippen LogP contribution in [0.5, 0.6) is 0 Å². The average Bonchev–Trinajstić information content (AvgIpc) is 3.18. The maximum Gasteiger partial charge on any atom is 0.262 e. The van der Waals surface area contributed by atoms with E-state index in [-0.39, 0.29) is 17.1 Å². The lowest BCUT2D eigenvalue weighted by Crippen LogP contribution is -2.36. The molecule has 8 heteroatoms. The molecule has 0 saturated carbocycles. The molecule has 0 bridgehead atoms. The summed E-state index contributed by atoms with van der Waals surface area (Å²) in [5, 5.41) is 12.4. The molecule has 1 fully saturated rings. The molecule has 2 heterocycles. The Labute approximate surface area is 156 Å². The molecule has 6 nitrogen and oxygen atoms in total. The molecule has 1 N–H and O–H groups in total. The lowest BCUT2D eigenvalue weighted by Gasteiger charge is -2.09. The second-order valence-electron chi connectivity index (χ2n) is 5.96. The van der Waals surface area contributed by atoms with Gasteiger partial charge < -0.3 is 9.73 Å². The smallest absolute Gasteiger partial charge is 0.262 e. The number of benzene rings is 1. The zero-order valence-corrected chi connectivity index (χ0v) is 15.2. The minimum absolute atomic E-state index is 0.0464. The summed E-state index contributed by atoms with van der Waals surface area (Å²) in [6.45, 7) is 0. The monoisotopic (exact) mass is 390 g/mol. The van der Waals surface area contributed by atoms with Crippen LogP contribution in [-0.2, 0) is 14.6 Å². The van der Waals surface area contributed by atoms with E-state index in [9.17, 15) is 18.5 Å². The van der Waals surface area contributed by atoms with Gasteiger partial charge in [-0.25, -0.2) is 8.42 Å². The normalized spacial score (nSPS) is 19.1. The van der Waals surface area contributed by atoms with Crippen LogP contribution in [0.2, 0.25) is 5.02 Å². The summed E-state index contributed by atoms with van der Waals surface area (Å²) in [7, 11) is -3.11. The number of nitrogens with zero attached hydrogens (tertiary/aromatic N) is 1. The largest absolute Gasteiger partial charge is 0.457 e. The van der Waals surface area contributed by atoms with E-state index in [1.165, 1.54) is 6.08 Å². The second kappa shape index (κ2) is 7.36. The third-order valence-electron chi connectivity index (χ3n) is 3.96. The van der Waals surface area contributed by atoms with Gasteiger partial charge >= 0.3 is 0 Å². The SMILES string of the molecule is N#C/C(=C\c1ccc(-c2cccc(Cl)c2)o1)C(=O)N[C@H]1CCS(=O)(=O)C1. The average molecular weight is 391 g/mol. The Balaban J connectivity index is 1.75. The predicted molar refractivity (Wildman–Crippen MR) is 97.9 cm³/mol. The Kier molecular flexibility index (Phi) is 5.16. The highest BCUT2D eigenvalue weighted by atomic mass is 35.5. The third kappa shape index (κ3) is 4.34. The number of furan rings is 1. The Bertz CT molecular complexity index is 1020. The zero-order chi connectivity index (χ0) is 18.7. The van der Waals surface area contributed by atoms with Crippen LogP contribution in [0.3, 0.4) is 0 Å². The van der Waals surface area contributed by atoms with Crippen molar-refractivity contribution in [3.63, 3.8) is 0 Å². The molecule has 1 aromatic carbocycles. The van der Waals surface area contributed by atoms with Crippen molar-refractivity contribution >= 4 is 33.4 Å². The first-order valence-corrected chi connectivity index (χ1v) is 10.0. The minimum Gasteiger partial charge on any atom is -0.457 e. The molecule has 0 aliphatic carbocycles. The quantitative estimate of drug-likeness (QED) is 0.639. The number of nitriles is 1. The molecule has 1 atom stereocenters. The van der Waals surface area contributed by atoms with Crippen LogP contribution >= 0.6 is 11.6 Å². The van der Waals surface area contributed by atoms with Crippen molar-refractivity contribution in [3.05, 3.63) is 52.8 Å². The van der Waals surface area contributed by atoms with E-state index < -0.39 is 21.8 Å². The Morgan fingerprint density at radius 3 is 2.81 bits per heavy atom. The Morgan fingerprint density at radius 1 is 1.35 bits per heavy atom. The van der Waals surface area contributed by atoms with Crippen LogP contribution in [0.25, 0.3) is 17.4 Å². The van der Waals surface area contributed by atoms with E-state index in [2.05, 4.69) is 5.32 Å². The van der Waals surface area contributed by atoms with Crippen molar-refractivity contribution in [2.75, 3.05) is 11.5 Å². The number of nitrogens with one attached hydrogen (secondary N) is 1. The summed E-state index contributed by atoms with van der Waals surface area (Å²) in [6.07, 6.45) is 1.68. The number of carbonyl (C=O) groups excluding carboxylic acids is 1. The number of hydrogen-bond donors (Lipinski definition) is 1. The summed E-state index contributed by atoms with van der Waals surface area (Å²) in [4.78, 5) is 12.2. The molecule has 134 valence electrons. The van der Waals surface area contributed by atoms with Crippen LogP contribution in [0.15, 0.2) is 46.4 Å². The molecule has 1 aromatic heterocycles. The standard InChI is InChI=1S/C18H15ClN2O4S/c19-14-3-1-2-12(8-14)17-5-4-16(25-17)9-13(10-20)18(22)21-15-6-7-26(23,24)11-15/h1-5,8-9,15H,6-7,11H2,(H,21,22)/b13-9+/t15-/m0/s1. The molecule has 1 amide bonds. The van der Waals surface area contributed by atoms with Gasteiger partial charge in [0.2, 0.25) is 0 Å². The predicted octanol–water partition coefficient (Wildman–Crippen LogP) is 2.81. The first-order chi connectivity index (χ1) is 12.4. The number of sulfone groups is 1. The van der Waals surface area contributed by atoms with Crippen LogP contribution in [-0.4, -0.2) is 31.9 Å². The van der Waals surface area contributed by atoms with E-state index in [0.29, 0.717) is 23.0 Å². The molecule has 1 aliphatic rings. The van der Waals surface area contributed by atoms with Crippen molar-refractivity contribution in [3.8, 4) is 17.4 Å². The number of halogens is 1. The van der Waals surface area contributed by atoms with Crippen LogP contribution < -0.4 is 5.32 Å². The van der Waals surface area contributed by atoms with E-state index in [1.807, 2.05) is 12.1 Å². The minimum atomic E-state index is -3.11. The highest BCUT2D eigenvalue weighted by Gasteiger charge is 2.29. The lowest BCUT2D eigenvalue weighted by atomic mass is 10.2. The fourth-order valence-corrected chi connectivity index (χ4v) is 4.55.